The van der Waals surface area contributed by atoms with Crippen LogP contribution in [0.25, 0.3) is 0 Å². The first-order valence-electron chi connectivity index (χ1n) is 4.66. The van der Waals surface area contributed by atoms with E-state index in [0.29, 0.717) is 11.4 Å². The van der Waals surface area contributed by atoms with Gasteiger partial charge in [0, 0.05) is 22.8 Å². The summed E-state index contributed by atoms with van der Waals surface area (Å²) in [6.07, 6.45) is 0.224. The van der Waals surface area contributed by atoms with E-state index in [1.165, 1.54) is 11.8 Å². The van der Waals surface area contributed by atoms with Crippen molar-refractivity contribution in [2.75, 3.05) is 11.5 Å². The van der Waals surface area contributed by atoms with Crippen LogP contribution in [0, 0.1) is 0 Å². The first kappa shape index (κ1) is 12.4. The van der Waals surface area contributed by atoms with Gasteiger partial charge in [0.15, 0.2) is 0 Å². The molecular formula is C10H13N3O2S. The summed E-state index contributed by atoms with van der Waals surface area (Å²) in [6.45, 7) is 0. The van der Waals surface area contributed by atoms with E-state index in [2.05, 4.69) is 0 Å². The summed E-state index contributed by atoms with van der Waals surface area (Å²) in [5.41, 5.74) is 11.2. The van der Waals surface area contributed by atoms with E-state index in [1.54, 1.807) is 6.07 Å². The largest absolute Gasteiger partial charge is 0.398 e. The van der Waals surface area contributed by atoms with Crippen LogP contribution in [0.3, 0.4) is 0 Å². The van der Waals surface area contributed by atoms with Crippen molar-refractivity contribution in [2.45, 2.75) is 11.3 Å². The number of para-hydroxylation sites is 1. The molecule has 0 unspecified atom stereocenters. The highest BCUT2D eigenvalue weighted by molar-refractivity contribution is 7.99. The molecule has 0 aromatic heterocycles. The van der Waals surface area contributed by atoms with Gasteiger partial charge < -0.3 is 11.5 Å². The Labute approximate surface area is 97.6 Å². The normalized spacial score (nSPS) is 9.75. The number of imide groups is 1. The number of hydrogen-bond donors (Lipinski definition) is 3. The topological polar surface area (TPSA) is 98.2 Å². The minimum absolute atomic E-state index is 0.224. The Morgan fingerprint density at radius 2 is 2.00 bits per heavy atom. The third kappa shape index (κ3) is 4.22. The maximum atomic E-state index is 11.1. The van der Waals surface area contributed by atoms with Crippen LogP contribution in [-0.4, -0.2) is 17.7 Å². The third-order valence-electron chi connectivity index (χ3n) is 1.77. The minimum atomic E-state index is -0.825. The highest BCUT2D eigenvalue weighted by Crippen LogP contribution is 2.24. The Balaban J connectivity index is 2.33. The van der Waals surface area contributed by atoms with Crippen molar-refractivity contribution >= 4 is 29.4 Å². The smallest absolute Gasteiger partial charge is 0.318 e. The monoisotopic (exact) mass is 239 g/mol. The molecule has 1 aromatic carbocycles. The van der Waals surface area contributed by atoms with Crippen LogP contribution >= 0.6 is 11.8 Å². The average Bonchev–Trinajstić information content (AvgIpc) is 2.19. The molecule has 16 heavy (non-hydrogen) atoms. The van der Waals surface area contributed by atoms with Gasteiger partial charge in [-0.15, -0.1) is 11.8 Å². The fraction of sp³-hybridized carbons (Fsp3) is 0.200. The van der Waals surface area contributed by atoms with Crippen LogP contribution in [-0.2, 0) is 4.79 Å². The first-order chi connectivity index (χ1) is 7.59. The summed E-state index contributed by atoms with van der Waals surface area (Å²) in [4.78, 5) is 22.4. The third-order valence-corrected chi connectivity index (χ3v) is 2.86. The zero-order valence-corrected chi connectivity index (χ0v) is 9.42. The average molecular weight is 239 g/mol. The van der Waals surface area contributed by atoms with Crippen molar-refractivity contribution in [3.63, 3.8) is 0 Å². The SMILES string of the molecule is NC(=O)NC(=O)CCSc1ccccc1N. The second kappa shape index (κ2) is 6.02. The highest BCUT2D eigenvalue weighted by Gasteiger charge is 2.05. The Morgan fingerprint density at radius 3 is 2.62 bits per heavy atom. The summed E-state index contributed by atoms with van der Waals surface area (Å²) >= 11 is 1.46. The van der Waals surface area contributed by atoms with Crippen molar-refractivity contribution < 1.29 is 9.59 Å². The van der Waals surface area contributed by atoms with Crippen LogP contribution in [0.15, 0.2) is 29.2 Å². The molecule has 1 rings (SSSR count). The molecule has 86 valence electrons. The molecule has 0 saturated heterocycles. The molecule has 0 heterocycles. The van der Waals surface area contributed by atoms with Gasteiger partial charge in [-0.25, -0.2) is 4.79 Å². The van der Waals surface area contributed by atoms with Crippen LogP contribution < -0.4 is 16.8 Å². The minimum Gasteiger partial charge on any atom is -0.398 e. The summed E-state index contributed by atoms with van der Waals surface area (Å²) < 4.78 is 0. The number of amides is 3. The van der Waals surface area contributed by atoms with Gasteiger partial charge in [-0.05, 0) is 12.1 Å². The van der Waals surface area contributed by atoms with Gasteiger partial charge in [0.1, 0.15) is 0 Å². The van der Waals surface area contributed by atoms with E-state index < -0.39 is 6.03 Å². The second-order valence-corrected chi connectivity index (χ2v) is 4.19. The van der Waals surface area contributed by atoms with Crippen LogP contribution in [0.4, 0.5) is 10.5 Å². The lowest BCUT2D eigenvalue weighted by Gasteiger charge is -2.04. The van der Waals surface area contributed by atoms with Crippen molar-refractivity contribution in [3.05, 3.63) is 24.3 Å². The Morgan fingerprint density at radius 1 is 1.31 bits per heavy atom. The number of benzene rings is 1. The zero-order valence-electron chi connectivity index (χ0n) is 8.60. The molecule has 6 heteroatoms. The number of thioether (sulfide) groups is 1. The number of nitrogens with two attached hydrogens (primary N) is 2. The number of carbonyl (C=O) groups excluding carboxylic acids is 2. The number of anilines is 1. The molecule has 0 radical (unpaired) electrons. The molecule has 0 fully saturated rings. The van der Waals surface area contributed by atoms with E-state index in [0.717, 1.165) is 4.90 Å². The van der Waals surface area contributed by atoms with Gasteiger partial charge >= 0.3 is 6.03 Å². The van der Waals surface area contributed by atoms with Gasteiger partial charge in [-0.3, -0.25) is 10.1 Å². The molecular weight excluding hydrogens is 226 g/mol. The molecule has 0 atom stereocenters. The number of carbonyl (C=O) groups is 2. The molecule has 0 saturated carbocycles. The van der Waals surface area contributed by atoms with E-state index in [1.807, 2.05) is 23.5 Å². The van der Waals surface area contributed by atoms with Crippen molar-refractivity contribution in [1.82, 2.24) is 5.32 Å². The second-order valence-electron chi connectivity index (χ2n) is 3.05. The lowest BCUT2D eigenvalue weighted by Crippen LogP contribution is -2.35. The number of urea groups is 1. The highest BCUT2D eigenvalue weighted by atomic mass is 32.2. The molecule has 0 aliphatic carbocycles. The fourth-order valence-corrected chi connectivity index (χ4v) is 1.98. The lowest BCUT2D eigenvalue weighted by atomic mass is 10.3. The standard InChI is InChI=1S/C10H13N3O2S/c11-7-3-1-2-4-8(7)16-6-5-9(14)13-10(12)15/h1-4H,5-6,11H2,(H3,12,13,14,15). The van der Waals surface area contributed by atoms with Crippen molar-refractivity contribution in [3.8, 4) is 0 Å². The van der Waals surface area contributed by atoms with Gasteiger partial charge in [-0.1, -0.05) is 12.1 Å². The number of rotatable bonds is 4. The molecule has 5 N–H and O–H groups in total. The summed E-state index contributed by atoms with van der Waals surface area (Å²) in [7, 11) is 0. The van der Waals surface area contributed by atoms with Crippen molar-refractivity contribution in [1.29, 1.82) is 0 Å². The van der Waals surface area contributed by atoms with Crippen molar-refractivity contribution in [2.24, 2.45) is 5.73 Å². The number of hydrogen-bond acceptors (Lipinski definition) is 4. The van der Waals surface area contributed by atoms with E-state index in [-0.39, 0.29) is 12.3 Å². The maximum absolute atomic E-state index is 11.1. The van der Waals surface area contributed by atoms with Gasteiger partial charge in [0.2, 0.25) is 5.91 Å². The molecule has 5 nitrogen and oxygen atoms in total. The predicted octanol–water partition coefficient (Wildman–Crippen LogP) is 0.946. The first-order valence-corrected chi connectivity index (χ1v) is 5.64. The summed E-state index contributed by atoms with van der Waals surface area (Å²) in [6, 6.07) is 6.58. The van der Waals surface area contributed by atoms with E-state index in [4.69, 9.17) is 11.5 Å². The number of primary amides is 1. The van der Waals surface area contributed by atoms with Crippen LogP contribution in [0.1, 0.15) is 6.42 Å². The molecule has 0 spiro atoms. The Kier molecular flexibility index (Phi) is 4.65. The quantitative estimate of drug-likeness (QED) is 0.538. The molecule has 1 aromatic rings. The van der Waals surface area contributed by atoms with E-state index in [9.17, 15) is 9.59 Å². The van der Waals surface area contributed by atoms with E-state index >= 15 is 0 Å². The van der Waals surface area contributed by atoms with Gasteiger partial charge in [-0.2, -0.15) is 0 Å². The number of nitrogen functional groups attached to an aromatic ring is 1. The predicted molar refractivity (Wildman–Crippen MR) is 63.9 cm³/mol. The summed E-state index contributed by atoms with van der Waals surface area (Å²) in [5.74, 6) is 0.169. The Bertz CT molecular complexity index is 395. The Hall–Kier alpha value is -1.69. The van der Waals surface area contributed by atoms with Crippen LogP contribution in [0.5, 0.6) is 0 Å². The molecule has 0 aliphatic heterocycles. The van der Waals surface area contributed by atoms with Gasteiger partial charge in [0.05, 0.1) is 0 Å². The molecule has 0 bridgehead atoms. The molecule has 0 aliphatic rings. The van der Waals surface area contributed by atoms with Crippen LogP contribution in [0.2, 0.25) is 0 Å². The van der Waals surface area contributed by atoms with Gasteiger partial charge in [0.25, 0.3) is 0 Å². The maximum Gasteiger partial charge on any atom is 0.318 e. The summed E-state index contributed by atoms with van der Waals surface area (Å²) in [5, 5.41) is 2.00. The number of nitrogens with one attached hydrogen (secondary N) is 1. The molecule has 3 amide bonds. The zero-order chi connectivity index (χ0) is 12.0. The lowest BCUT2D eigenvalue weighted by molar-refractivity contribution is -0.119. The fourth-order valence-electron chi connectivity index (χ4n) is 1.07.